The number of nitrogens with zero attached hydrogens (tertiary/aromatic N) is 1. The van der Waals surface area contributed by atoms with E-state index in [4.69, 9.17) is 0 Å². The second kappa shape index (κ2) is 8.26. The topological polar surface area (TPSA) is 23.5 Å². The molecule has 0 heterocycles. The molecular weight excluding hydrogens is 270 g/mol. The first-order chi connectivity index (χ1) is 10.7. The number of benzene rings is 2. The van der Waals surface area contributed by atoms with Crippen LogP contribution in [0, 0.1) is 18.8 Å². The van der Waals surface area contributed by atoms with Crippen molar-refractivity contribution < 1.29 is 5.11 Å². The first kappa shape index (κ1) is 16.1. The van der Waals surface area contributed by atoms with Gasteiger partial charge in [-0.2, -0.15) is 0 Å². The molecular formula is C20H23NO. The maximum atomic E-state index is 9.56. The molecule has 2 aromatic rings. The zero-order valence-electron chi connectivity index (χ0n) is 13.3. The van der Waals surface area contributed by atoms with E-state index in [2.05, 4.69) is 42.7 Å². The van der Waals surface area contributed by atoms with E-state index >= 15 is 0 Å². The van der Waals surface area contributed by atoms with Gasteiger partial charge in [0.15, 0.2) is 0 Å². The highest BCUT2D eigenvalue weighted by atomic mass is 16.3. The van der Waals surface area contributed by atoms with Crippen LogP contribution in [0.2, 0.25) is 0 Å². The summed E-state index contributed by atoms with van der Waals surface area (Å²) >= 11 is 0. The van der Waals surface area contributed by atoms with Gasteiger partial charge in [-0.15, -0.1) is 0 Å². The van der Waals surface area contributed by atoms with Gasteiger partial charge in [0.2, 0.25) is 0 Å². The molecule has 2 nitrogen and oxygen atoms in total. The lowest BCUT2D eigenvalue weighted by atomic mass is 10.1. The van der Waals surface area contributed by atoms with Gasteiger partial charge in [-0.25, -0.2) is 0 Å². The Hall–Kier alpha value is -2.24. The average molecular weight is 293 g/mol. The lowest BCUT2D eigenvalue weighted by molar-refractivity contribution is 0.299. The van der Waals surface area contributed by atoms with E-state index < -0.39 is 0 Å². The predicted molar refractivity (Wildman–Crippen MR) is 91.7 cm³/mol. The van der Waals surface area contributed by atoms with Crippen molar-refractivity contribution >= 4 is 0 Å². The smallest absolute Gasteiger partial charge is 0.115 e. The second-order valence-electron chi connectivity index (χ2n) is 5.55. The summed E-state index contributed by atoms with van der Waals surface area (Å²) in [6.45, 7) is 6.79. The molecule has 2 heteroatoms. The van der Waals surface area contributed by atoms with Crippen molar-refractivity contribution in [1.29, 1.82) is 0 Å². The van der Waals surface area contributed by atoms with Gasteiger partial charge in [-0.3, -0.25) is 4.90 Å². The number of aromatic hydroxyl groups is 1. The maximum absolute atomic E-state index is 9.56. The Labute approximate surface area is 133 Å². The van der Waals surface area contributed by atoms with Gasteiger partial charge >= 0.3 is 0 Å². The summed E-state index contributed by atoms with van der Waals surface area (Å²) in [7, 11) is 0. The molecule has 22 heavy (non-hydrogen) atoms. The van der Waals surface area contributed by atoms with Gasteiger partial charge in [-0.05, 0) is 55.3 Å². The van der Waals surface area contributed by atoms with Gasteiger partial charge in [0.25, 0.3) is 0 Å². The molecule has 0 saturated carbocycles. The quantitative estimate of drug-likeness (QED) is 0.843. The third-order valence-electron chi connectivity index (χ3n) is 3.41. The van der Waals surface area contributed by atoms with E-state index in [0.29, 0.717) is 5.75 Å². The molecule has 0 spiro atoms. The number of aryl methyl sites for hydroxylation is 1. The molecule has 2 aromatic carbocycles. The Morgan fingerprint density at radius 2 is 1.91 bits per heavy atom. The maximum Gasteiger partial charge on any atom is 0.115 e. The van der Waals surface area contributed by atoms with Crippen molar-refractivity contribution in [1.82, 2.24) is 4.90 Å². The van der Waals surface area contributed by atoms with E-state index in [1.54, 1.807) is 6.07 Å². The van der Waals surface area contributed by atoms with E-state index in [9.17, 15) is 5.11 Å². The summed E-state index contributed by atoms with van der Waals surface area (Å²) in [6, 6.07) is 15.7. The number of phenolic OH excluding ortho intramolecular Hbond substituents is 1. The van der Waals surface area contributed by atoms with Gasteiger partial charge < -0.3 is 5.11 Å². The van der Waals surface area contributed by atoms with Crippen molar-refractivity contribution in [3.05, 3.63) is 65.2 Å². The highest BCUT2D eigenvalue weighted by molar-refractivity contribution is 5.37. The Morgan fingerprint density at radius 3 is 2.64 bits per heavy atom. The second-order valence-corrected chi connectivity index (χ2v) is 5.55. The first-order valence-corrected chi connectivity index (χ1v) is 7.73. The Bertz CT molecular complexity index is 667. The molecule has 0 fully saturated rings. The molecule has 0 bridgehead atoms. The van der Waals surface area contributed by atoms with E-state index in [0.717, 1.165) is 37.2 Å². The largest absolute Gasteiger partial charge is 0.508 e. The van der Waals surface area contributed by atoms with E-state index in [-0.39, 0.29) is 0 Å². The Morgan fingerprint density at radius 1 is 1.09 bits per heavy atom. The number of hydrogen-bond acceptors (Lipinski definition) is 2. The van der Waals surface area contributed by atoms with Crippen molar-refractivity contribution in [2.75, 3.05) is 13.1 Å². The fourth-order valence-corrected chi connectivity index (χ4v) is 2.42. The fraction of sp³-hybridized carbons (Fsp3) is 0.300. The molecule has 114 valence electrons. The third kappa shape index (κ3) is 5.27. The third-order valence-corrected chi connectivity index (χ3v) is 3.41. The average Bonchev–Trinajstić information content (AvgIpc) is 2.47. The highest BCUT2D eigenvalue weighted by Crippen LogP contribution is 2.13. The van der Waals surface area contributed by atoms with Crippen LogP contribution in [0.4, 0.5) is 0 Å². The standard InChI is InChI=1S/C20H23NO/c1-3-12-21(16-19-9-5-11-20(22)15-19)13-6-10-18-8-4-7-17(2)14-18/h4-5,7-9,11,14-15,22H,3,12-13,16H2,1-2H3. The minimum atomic E-state index is 0.319. The van der Waals surface area contributed by atoms with Crippen LogP contribution in [0.1, 0.15) is 30.0 Å². The van der Waals surface area contributed by atoms with E-state index in [1.807, 2.05) is 30.3 Å². The summed E-state index contributed by atoms with van der Waals surface area (Å²) in [5.74, 6) is 6.81. The van der Waals surface area contributed by atoms with E-state index in [1.165, 1.54) is 5.56 Å². The molecule has 0 aromatic heterocycles. The first-order valence-electron chi connectivity index (χ1n) is 7.73. The highest BCUT2D eigenvalue weighted by Gasteiger charge is 2.04. The van der Waals surface area contributed by atoms with Crippen LogP contribution in [0.25, 0.3) is 0 Å². The summed E-state index contributed by atoms with van der Waals surface area (Å²) < 4.78 is 0. The van der Waals surface area contributed by atoms with Crippen molar-refractivity contribution in [3.63, 3.8) is 0 Å². The minimum Gasteiger partial charge on any atom is -0.508 e. The molecule has 1 N–H and O–H groups in total. The van der Waals surface area contributed by atoms with Gasteiger partial charge in [0.05, 0.1) is 6.54 Å². The van der Waals surface area contributed by atoms with Crippen molar-refractivity contribution in [2.24, 2.45) is 0 Å². The summed E-state index contributed by atoms with van der Waals surface area (Å²) in [5, 5.41) is 9.56. The van der Waals surface area contributed by atoms with Crippen LogP contribution in [0.5, 0.6) is 5.75 Å². The molecule has 0 radical (unpaired) electrons. The van der Waals surface area contributed by atoms with Gasteiger partial charge in [0, 0.05) is 12.1 Å². The number of hydrogen-bond donors (Lipinski definition) is 1. The number of rotatable bonds is 5. The molecule has 0 unspecified atom stereocenters. The Kier molecular flexibility index (Phi) is 6.06. The van der Waals surface area contributed by atoms with Crippen molar-refractivity contribution in [3.8, 4) is 17.6 Å². The lowest BCUT2D eigenvalue weighted by Crippen LogP contribution is -2.24. The lowest BCUT2D eigenvalue weighted by Gasteiger charge is -2.19. The minimum absolute atomic E-state index is 0.319. The fourth-order valence-electron chi connectivity index (χ4n) is 2.42. The zero-order valence-corrected chi connectivity index (χ0v) is 13.3. The SMILES string of the molecule is CCCN(CC#Cc1cccc(C)c1)Cc1cccc(O)c1. The predicted octanol–water partition coefficient (Wildman–Crippen LogP) is 3.96. The molecule has 0 aliphatic carbocycles. The van der Waals surface area contributed by atoms with Crippen LogP contribution >= 0.6 is 0 Å². The van der Waals surface area contributed by atoms with Crippen LogP contribution < -0.4 is 0 Å². The van der Waals surface area contributed by atoms with Crippen LogP contribution in [0.3, 0.4) is 0 Å². The molecule has 0 amide bonds. The van der Waals surface area contributed by atoms with Gasteiger partial charge in [0.1, 0.15) is 5.75 Å². The zero-order chi connectivity index (χ0) is 15.8. The van der Waals surface area contributed by atoms with Crippen LogP contribution in [0.15, 0.2) is 48.5 Å². The normalized spacial score (nSPS) is 10.3. The Balaban J connectivity index is 2.00. The summed E-state index contributed by atoms with van der Waals surface area (Å²) in [5.41, 5.74) is 3.41. The summed E-state index contributed by atoms with van der Waals surface area (Å²) in [4.78, 5) is 2.30. The van der Waals surface area contributed by atoms with Crippen molar-refractivity contribution in [2.45, 2.75) is 26.8 Å². The van der Waals surface area contributed by atoms with Crippen LogP contribution in [-0.2, 0) is 6.54 Å². The van der Waals surface area contributed by atoms with Gasteiger partial charge in [-0.1, -0.05) is 43.0 Å². The molecule has 0 saturated heterocycles. The van der Waals surface area contributed by atoms with Crippen LogP contribution in [-0.4, -0.2) is 23.1 Å². The number of phenols is 1. The molecule has 0 aliphatic heterocycles. The summed E-state index contributed by atoms with van der Waals surface area (Å²) in [6.07, 6.45) is 1.09. The molecule has 0 aliphatic rings. The molecule has 0 atom stereocenters. The monoisotopic (exact) mass is 293 g/mol. The molecule has 2 rings (SSSR count).